The van der Waals surface area contributed by atoms with Crippen LogP contribution in [0.5, 0.6) is 0 Å². The van der Waals surface area contributed by atoms with Crippen molar-refractivity contribution in [3.63, 3.8) is 0 Å². The number of benzene rings is 3. The standard InChI is InChI=1S/C32H31FN2/c1-34-20-21-6-8-22(9-7-21)26-14-15-29-28-12-10-23-19-24(33)11-13-25(23)27(28)16-17-30(29)32(26)31-5-3-2-4-18-35-31/h2-3,5-9,11,13,16-19,26,32,34H,4,10,12,14-15,20H2,1H3. The highest BCUT2D eigenvalue weighted by molar-refractivity contribution is 5.76. The highest BCUT2D eigenvalue weighted by Crippen LogP contribution is 2.50. The van der Waals surface area contributed by atoms with Gasteiger partial charge in [-0.25, -0.2) is 4.39 Å². The SMILES string of the molecule is CNCc1ccc(C2CCc3c(ccc4c3CCc3cc(F)ccc3-4)C2C2=CC=CCC=N2)cc1. The fourth-order valence-electron chi connectivity index (χ4n) is 6.31. The third kappa shape index (κ3) is 4.08. The third-order valence-electron chi connectivity index (χ3n) is 7.90. The predicted octanol–water partition coefficient (Wildman–Crippen LogP) is 7.04. The lowest BCUT2D eigenvalue weighted by atomic mass is 9.67. The van der Waals surface area contributed by atoms with Crippen molar-refractivity contribution < 1.29 is 4.39 Å². The molecule has 3 aromatic carbocycles. The first-order valence-electron chi connectivity index (χ1n) is 12.8. The third-order valence-corrected chi connectivity index (χ3v) is 7.90. The van der Waals surface area contributed by atoms with Gasteiger partial charge in [0.15, 0.2) is 0 Å². The zero-order valence-electron chi connectivity index (χ0n) is 20.2. The molecule has 35 heavy (non-hydrogen) atoms. The second-order valence-corrected chi connectivity index (χ2v) is 9.92. The average molecular weight is 463 g/mol. The Bertz CT molecular complexity index is 1350. The molecule has 6 rings (SSSR count). The van der Waals surface area contributed by atoms with Crippen LogP contribution in [0, 0.1) is 5.82 Å². The number of nitrogens with one attached hydrogen (secondary N) is 1. The van der Waals surface area contributed by atoms with Crippen molar-refractivity contribution in [3.8, 4) is 11.1 Å². The predicted molar refractivity (Wildman–Crippen MR) is 143 cm³/mol. The topological polar surface area (TPSA) is 24.4 Å². The summed E-state index contributed by atoms with van der Waals surface area (Å²) < 4.78 is 13.9. The molecular formula is C32H31FN2. The second kappa shape index (κ2) is 9.39. The minimum Gasteiger partial charge on any atom is -0.316 e. The first-order chi connectivity index (χ1) is 17.2. The summed E-state index contributed by atoms with van der Waals surface area (Å²) >= 11 is 0. The minimum atomic E-state index is -0.139. The molecule has 3 aromatic rings. The minimum absolute atomic E-state index is 0.139. The van der Waals surface area contributed by atoms with Crippen molar-refractivity contribution in [1.82, 2.24) is 5.32 Å². The molecule has 0 bridgehead atoms. The summed E-state index contributed by atoms with van der Waals surface area (Å²) in [5, 5.41) is 3.25. The molecule has 1 heterocycles. The molecule has 0 amide bonds. The van der Waals surface area contributed by atoms with Crippen LogP contribution in [0.3, 0.4) is 0 Å². The van der Waals surface area contributed by atoms with Crippen LogP contribution in [-0.2, 0) is 25.8 Å². The zero-order valence-corrected chi connectivity index (χ0v) is 20.2. The van der Waals surface area contributed by atoms with Crippen LogP contribution in [0.15, 0.2) is 83.5 Å². The number of fused-ring (bicyclic) bond motifs is 5. The van der Waals surface area contributed by atoms with Crippen LogP contribution < -0.4 is 5.32 Å². The summed E-state index contributed by atoms with van der Waals surface area (Å²) in [6, 6.07) is 19.0. The van der Waals surface area contributed by atoms with E-state index in [9.17, 15) is 4.39 Å². The number of rotatable bonds is 4. The molecule has 0 aromatic heterocycles. The van der Waals surface area contributed by atoms with Crippen LogP contribution in [0.1, 0.15) is 58.1 Å². The summed E-state index contributed by atoms with van der Waals surface area (Å²) in [4.78, 5) is 4.95. The number of hydrogen-bond donors (Lipinski definition) is 1. The summed E-state index contributed by atoms with van der Waals surface area (Å²) in [5.41, 5.74) is 11.8. The number of halogens is 1. The van der Waals surface area contributed by atoms with Crippen LogP contribution in [0.4, 0.5) is 4.39 Å². The van der Waals surface area contributed by atoms with E-state index in [-0.39, 0.29) is 11.7 Å². The van der Waals surface area contributed by atoms with Crippen molar-refractivity contribution in [2.24, 2.45) is 4.99 Å². The van der Waals surface area contributed by atoms with Crippen molar-refractivity contribution in [1.29, 1.82) is 0 Å². The monoisotopic (exact) mass is 462 g/mol. The summed E-state index contributed by atoms with van der Waals surface area (Å²) in [6.45, 7) is 0.884. The van der Waals surface area contributed by atoms with Crippen molar-refractivity contribution in [2.75, 3.05) is 7.05 Å². The van der Waals surface area contributed by atoms with Gasteiger partial charge in [0, 0.05) is 30.8 Å². The maximum Gasteiger partial charge on any atom is 0.123 e. The van der Waals surface area contributed by atoms with Gasteiger partial charge < -0.3 is 5.32 Å². The molecule has 1 N–H and O–H groups in total. The van der Waals surface area contributed by atoms with Crippen LogP contribution in [-0.4, -0.2) is 13.3 Å². The Hall–Kier alpha value is -3.30. The summed E-state index contributed by atoms with van der Waals surface area (Å²) in [7, 11) is 1.99. The first kappa shape index (κ1) is 22.2. The smallest absolute Gasteiger partial charge is 0.123 e. The molecule has 2 aliphatic carbocycles. The molecule has 0 saturated heterocycles. The summed E-state index contributed by atoms with van der Waals surface area (Å²) in [5.74, 6) is 0.483. The van der Waals surface area contributed by atoms with E-state index in [2.05, 4.69) is 59.9 Å². The van der Waals surface area contributed by atoms with Gasteiger partial charge in [0.25, 0.3) is 0 Å². The lowest BCUT2D eigenvalue weighted by molar-refractivity contribution is 0.512. The molecule has 1 aliphatic heterocycles. The van der Waals surface area contributed by atoms with E-state index in [0.717, 1.165) is 49.9 Å². The van der Waals surface area contributed by atoms with Gasteiger partial charge >= 0.3 is 0 Å². The number of nitrogens with zero attached hydrogens (tertiary/aromatic N) is 1. The van der Waals surface area contributed by atoms with Gasteiger partial charge in [-0.05, 0) is 101 Å². The Balaban J connectivity index is 1.46. The number of hydrogen-bond acceptors (Lipinski definition) is 2. The summed E-state index contributed by atoms with van der Waals surface area (Å²) in [6.07, 6.45) is 13.5. The van der Waals surface area contributed by atoms with E-state index in [4.69, 9.17) is 4.99 Å². The van der Waals surface area contributed by atoms with Gasteiger partial charge in [0.1, 0.15) is 5.82 Å². The normalized spacial score (nSPS) is 20.5. The van der Waals surface area contributed by atoms with Gasteiger partial charge in [-0.1, -0.05) is 54.6 Å². The highest BCUT2D eigenvalue weighted by Gasteiger charge is 2.35. The number of allylic oxidation sites excluding steroid dienone is 4. The number of aryl methyl sites for hydroxylation is 1. The van der Waals surface area contributed by atoms with E-state index in [1.54, 1.807) is 12.1 Å². The molecule has 2 atom stereocenters. The highest BCUT2D eigenvalue weighted by atomic mass is 19.1. The van der Waals surface area contributed by atoms with Crippen molar-refractivity contribution >= 4 is 6.21 Å². The molecule has 0 fully saturated rings. The zero-order chi connectivity index (χ0) is 23.8. The van der Waals surface area contributed by atoms with E-state index in [0.29, 0.717) is 5.92 Å². The van der Waals surface area contributed by atoms with Crippen molar-refractivity contribution in [3.05, 3.63) is 118 Å². The molecule has 176 valence electrons. The van der Waals surface area contributed by atoms with E-state index < -0.39 is 0 Å². The fraction of sp³-hybridized carbons (Fsp3) is 0.281. The molecule has 0 spiro atoms. The molecule has 2 unspecified atom stereocenters. The molecule has 2 nitrogen and oxygen atoms in total. The van der Waals surface area contributed by atoms with Crippen molar-refractivity contribution in [2.45, 2.75) is 50.5 Å². The largest absolute Gasteiger partial charge is 0.316 e. The van der Waals surface area contributed by atoms with E-state index in [1.807, 2.05) is 19.3 Å². The van der Waals surface area contributed by atoms with Gasteiger partial charge in [-0.15, -0.1) is 0 Å². The molecule has 0 radical (unpaired) electrons. The Labute approximate surface area is 207 Å². The van der Waals surface area contributed by atoms with Gasteiger partial charge in [-0.2, -0.15) is 0 Å². The average Bonchev–Trinajstić information content (AvgIpc) is 3.17. The Morgan fingerprint density at radius 1 is 0.943 bits per heavy atom. The number of aliphatic imine (C=N–C) groups is 1. The Kier molecular flexibility index (Phi) is 5.95. The molecular weight excluding hydrogens is 431 g/mol. The maximum atomic E-state index is 13.9. The van der Waals surface area contributed by atoms with Crippen LogP contribution in [0.25, 0.3) is 11.1 Å². The molecule has 3 heteroatoms. The van der Waals surface area contributed by atoms with E-state index >= 15 is 0 Å². The first-order valence-corrected chi connectivity index (χ1v) is 12.8. The fourth-order valence-corrected chi connectivity index (χ4v) is 6.31. The maximum absolute atomic E-state index is 13.9. The van der Waals surface area contributed by atoms with Gasteiger partial charge in [0.2, 0.25) is 0 Å². The van der Waals surface area contributed by atoms with E-state index in [1.165, 1.54) is 38.9 Å². The second-order valence-electron chi connectivity index (χ2n) is 9.92. The molecule has 0 saturated carbocycles. The van der Waals surface area contributed by atoms with Crippen LogP contribution >= 0.6 is 0 Å². The van der Waals surface area contributed by atoms with Gasteiger partial charge in [-0.3, -0.25) is 4.99 Å². The lowest BCUT2D eigenvalue weighted by Crippen LogP contribution is -2.23. The van der Waals surface area contributed by atoms with Gasteiger partial charge in [0.05, 0.1) is 0 Å². The Morgan fingerprint density at radius 3 is 2.66 bits per heavy atom. The molecule has 3 aliphatic rings. The Morgan fingerprint density at radius 2 is 1.80 bits per heavy atom. The quantitative estimate of drug-likeness (QED) is 0.442. The lowest BCUT2D eigenvalue weighted by Gasteiger charge is -2.37. The van der Waals surface area contributed by atoms with Crippen LogP contribution in [0.2, 0.25) is 0 Å².